The van der Waals surface area contributed by atoms with Crippen molar-refractivity contribution in [2.75, 3.05) is 13.1 Å². The van der Waals surface area contributed by atoms with Gasteiger partial charge in [-0.3, -0.25) is 4.90 Å². The maximum absolute atomic E-state index is 5.94. The predicted octanol–water partition coefficient (Wildman–Crippen LogP) is 1.74. The van der Waals surface area contributed by atoms with Crippen LogP contribution in [0.3, 0.4) is 0 Å². The zero-order valence-corrected chi connectivity index (χ0v) is 13.0. The normalized spacial score (nSPS) is 25.2. The average Bonchev–Trinajstić information content (AvgIpc) is 3.15. The number of rotatable bonds is 3. The van der Waals surface area contributed by atoms with E-state index in [1.54, 1.807) is 6.20 Å². The molecule has 2 aromatic heterocycles. The first-order valence-electron chi connectivity index (χ1n) is 7.89. The minimum Gasteiger partial charge on any atom is -0.370 e. The van der Waals surface area contributed by atoms with Crippen molar-refractivity contribution in [2.45, 2.75) is 51.5 Å². The zero-order chi connectivity index (χ0) is 15.1. The molecule has 0 saturated carbocycles. The lowest BCUT2D eigenvalue weighted by Gasteiger charge is -2.40. The molecule has 1 fully saturated rings. The molecule has 22 heavy (non-hydrogen) atoms. The fourth-order valence-corrected chi connectivity index (χ4v) is 3.29. The van der Waals surface area contributed by atoms with E-state index < -0.39 is 0 Å². The highest BCUT2D eigenvalue weighted by molar-refractivity contribution is 5.09. The molecule has 7 nitrogen and oxygen atoms in total. The van der Waals surface area contributed by atoms with Gasteiger partial charge < -0.3 is 9.26 Å². The van der Waals surface area contributed by atoms with Gasteiger partial charge >= 0.3 is 0 Å². The summed E-state index contributed by atoms with van der Waals surface area (Å²) in [5.41, 5.74) is 2.06. The number of hydrogen-bond donors (Lipinski definition) is 0. The Hall–Kier alpha value is -1.73. The van der Waals surface area contributed by atoms with E-state index in [0.717, 1.165) is 43.2 Å². The molecule has 2 atom stereocenters. The number of hydrogen-bond acceptors (Lipinski definition) is 6. The summed E-state index contributed by atoms with van der Waals surface area (Å²) in [6.07, 6.45) is 3.05. The van der Waals surface area contributed by atoms with Gasteiger partial charge in [-0.2, -0.15) is 0 Å². The highest BCUT2D eigenvalue weighted by Gasteiger charge is 2.36. The molecule has 0 aromatic carbocycles. The Balaban J connectivity index is 1.47. The molecule has 1 saturated heterocycles. The van der Waals surface area contributed by atoms with Crippen LogP contribution in [0, 0.1) is 0 Å². The van der Waals surface area contributed by atoms with Gasteiger partial charge in [-0.1, -0.05) is 24.2 Å². The van der Waals surface area contributed by atoms with Crippen molar-refractivity contribution in [1.29, 1.82) is 0 Å². The lowest BCUT2D eigenvalue weighted by atomic mass is 10.0. The van der Waals surface area contributed by atoms with Crippen LogP contribution in [0.5, 0.6) is 0 Å². The second-order valence-corrected chi connectivity index (χ2v) is 6.49. The Morgan fingerprint density at radius 3 is 3.14 bits per heavy atom. The van der Waals surface area contributed by atoms with Crippen LogP contribution in [-0.4, -0.2) is 44.2 Å². The Morgan fingerprint density at radius 1 is 1.41 bits per heavy atom. The summed E-state index contributed by atoms with van der Waals surface area (Å²) in [5.74, 6) is 1.32. The third-order valence-corrected chi connectivity index (χ3v) is 4.54. The minimum atomic E-state index is 0.244. The van der Waals surface area contributed by atoms with E-state index in [1.165, 1.54) is 0 Å². The van der Waals surface area contributed by atoms with Gasteiger partial charge in [-0.25, -0.2) is 4.68 Å². The van der Waals surface area contributed by atoms with E-state index >= 15 is 0 Å². The maximum atomic E-state index is 5.94. The van der Waals surface area contributed by atoms with E-state index in [9.17, 15) is 0 Å². The van der Waals surface area contributed by atoms with Crippen LogP contribution in [0.1, 0.15) is 49.4 Å². The highest BCUT2D eigenvalue weighted by Crippen LogP contribution is 2.30. The van der Waals surface area contributed by atoms with Crippen molar-refractivity contribution in [3.63, 3.8) is 0 Å². The van der Waals surface area contributed by atoms with Gasteiger partial charge in [0, 0.05) is 31.6 Å². The van der Waals surface area contributed by atoms with Crippen molar-refractivity contribution in [3.8, 4) is 0 Å². The lowest BCUT2D eigenvalue weighted by Crippen LogP contribution is -2.47. The Kier molecular flexibility index (Phi) is 3.46. The molecule has 2 aliphatic heterocycles. The summed E-state index contributed by atoms with van der Waals surface area (Å²) in [6.45, 7) is 7.57. The summed E-state index contributed by atoms with van der Waals surface area (Å²) < 4.78 is 13.4. The van der Waals surface area contributed by atoms with Gasteiger partial charge in [0.05, 0.1) is 36.3 Å². The summed E-state index contributed by atoms with van der Waals surface area (Å²) in [4.78, 5) is 2.39. The van der Waals surface area contributed by atoms with Crippen molar-refractivity contribution < 1.29 is 9.26 Å². The van der Waals surface area contributed by atoms with Crippen LogP contribution < -0.4 is 0 Å². The SMILES string of the molecule is CC(C)c1cc(CN2CC[C@@H]3OCc4cnnn4[C@@H]3C2)no1. The summed E-state index contributed by atoms with van der Waals surface area (Å²) in [5, 5.41) is 12.4. The monoisotopic (exact) mass is 303 g/mol. The third-order valence-electron chi connectivity index (χ3n) is 4.54. The van der Waals surface area contributed by atoms with Gasteiger partial charge in [0.25, 0.3) is 0 Å². The van der Waals surface area contributed by atoms with Crippen LogP contribution in [0.15, 0.2) is 16.8 Å². The first kappa shape index (κ1) is 13.9. The molecule has 0 spiro atoms. The molecule has 0 amide bonds. The van der Waals surface area contributed by atoms with Gasteiger partial charge in [0.2, 0.25) is 0 Å². The van der Waals surface area contributed by atoms with Gasteiger partial charge in [-0.05, 0) is 6.42 Å². The summed E-state index contributed by atoms with van der Waals surface area (Å²) in [7, 11) is 0. The van der Waals surface area contributed by atoms with Crippen LogP contribution in [0.2, 0.25) is 0 Å². The molecular weight excluding hydrogens is 282 g/mol. The fraction of sp³-hybridized carbons (Fsp3) is 0.667. The first-order chi connectivity index (χ1) is 10.7. The number of nitrogens with zero attached hydrogens (tertiary/aromatic N) is 5. The number of ether oxygens (including phenoxy) is 1. The quantitative estimate of drug-likeness (QED) is 0.860. The van der Waals surface area contributed by atoms with Crippen LogP contribution >= 0.6 is 0 Å². The molecule has 4 heterocycles. The van der Waals surface area contributed by atoms with Crippen LogP contribution in [0.25, 0.3) is 0 Å². The molecule has 0 aliphatic carbocycles. The largest absolute Gasteiger partial charge is 0.370 e. The molecule has 2 aromatic rings. The van der Waals surface area contributed by atoms with Gasteiger partial charge in [0.15, 0.2) is 0 Å². The van der Waals surface area contributed by atoms with Crippen molar-refractivity contribution in [2.24, 2.45) is 0 Å². The average molecular weight is 303 g/mol. The smallest absolute Gasteiger partial charge is 0.139 e. The minimum absolute atomic E-state index is 0.244. The van der Waals surface area contributed by atoms with E-state index in [-0.39, 0.29) is 12.1 Å². The van der Waals surface area contributed by atoms with E-state index in [4.69, 9.17) is 9.26 Å². The van der Waals surface area contributed by atoms with Crippen molar-refractivity contribution in [3.05, 3.63) is 29.4 Å². The second kappa shape index (κ2) is 5.48. The first-order valence-corrected chi connectivity index (χ1v) is 7.89. The number of fused-ring (bicyclic) bond motifs is 3. The van der Waals surface area contributed by atoms with Gasteiger partial charge in [-0.15, -0.1) is 5.10 Å². The Bertz CT molecular complexity index is 650. The van der Waals surface area contributed by atoms with E-state index in [0.29, 0.717) is 12.5 Å². The number of piperidine rings is 1. The maximum Gasteiger partial charge on any atom is 0.139 e. The number of aromatic nitrogens is 4. The third kappa shape index (κ3) is 2.44. The summed E-state index contributed by atoms with van der Waals surface area (Å²) >= 11 is 0. The molecule has 118 valence electrons. The van der Waals surface area contributed by atoms with Crippen molar-refractivity contribution >= 4 is 0 Å². The molecule has 0 radical (unpaired) electrons. The Labute approximate surface area is 129 Å². The molecular formula is C15H21N5O2. The Morgan fingerprint density at radius 2 is 2.32 bits per heavy atom. The highest BCUT2D eigenvalue weighted by atomic mass is 16.5. The molecule has 4 rings (SSSR count). The van der Waals surface area contributed by atoms with E-state index in [1.807, 2.05) is 4.68 Å². The zero-order valence-electron chi connectivity index (χ0n) is 13.0. The van der Waals surface area contributed by atoms with Crippen LogP contribution in [-0.2, 0) is 17.9 Å². The topological polar surface area (TPSA) is 69.2 Å². The lowest BCUT2D eigenvalue weighted by molar-refractivity contribution is -0.0672. The molecule has 0 unspecified atom stereocenters. The number of likely N-dealkylation sites (tertiary alicyclic amines) is 1. The molecule has 0 bridgehead atoms. The molecule has 0 N–H and O–H groups in total. The molecule has 7 heteroatoms. The fourth-order valence-electron chi connectivity index (χ4n) is 3.29. The van der Waals surface area contributed by atoms with Gasteiger partial charge in [0.1, 0.15) is 5.76 Å². The standard InChI is InChI=1S/C15H21N5O2/c1-10(2)15-5-11(17-22-15)7-19-4-3-14-13(8-19)20-12(9-21-14)6-16-18-20/h5-6,10,13-14H,3-4,7-9H2,1-2H3/t13-,14+/m1/s1. The second-order valence-electron chi connectivity index (χ2n) is 6.49. The van der Waals surface area contributed by atoms with Crippen molar-refractivity contribution in [1.82, 2.24) is 25.1 Å². The van der Waals surface area contributed by atoms with E-state index in [2.05, 4.69) is 40.3 Å². The van der Waals surface area contributed by atoms with Crippen LogP contribution in [0.4, 0.5) is 0 Å². The predicted molar refractivity (Wildman–Crippen MR) is 78.1 cm³/mol. The molecule has 2 aliphatic rings. The summed E-state index contributed by atoms with van der Waals surface area (Å²) in [6, 6.07) is 2.31.